The zero-order valence-electron chi connectivity index (χ0n) is 47.0. The van der Waals surface area contributed by atoms with E-state index >= 15 is 0 Å². The summed E-state index contributed by atoms with van der Waals surface area (Å²) < 4.78 is 22.5. The lowest BCUT2D eigenvalue weighted by molar-refractivity contribution is 0.469. The fourth-order valence-electron chi connectivity index (χ4n) is 14.3. The zero-order chi connectivity index (χ0) is 57.1. The molecule has 4 aliphatic rings. The van der Waals surface area contributed by atoms with Crippen molar-refractivity contribution in [2.24, 2.45) is 0 Å². The minimum atomic E-state index is -0.262. The molecule has 0 bridgehead atoms. The van der Waals surface area contributed by atoms with Crippen molar-refractivity contribution < 1.29 is 13.9 Å². The van der Waals surface area contributed by atoms with E-state index in [9.17, 15) is 0 Å². The second-order valence-electron chi connectivity index (χ2n) is 22.7. The van der Waals surface area contributed by atoms with E-state index in [4.69, 9.17) is 13.9 Å². The van der Waals surface area contributed by atoms with E-state index in [-0.39, 0.29) is 13.4 Å². The highest BCUT2D eigenvalue weighted by Crippen LogP contribution is 2.52. The van der Waals surface area contributed by atoms with Crippen LogP contribution in [0.25, 0.3) is 33.1 Å². The van der Waals surface area contributed by atoms with E-state index in [0.717, 1.165) is 146 Å². The average Bonchev–Trinajstić information content (AvgIpc) is 1.04. The second kappa shape index (κ2) is 19.6. The van der Waals surface area contributed by atoms with Crippen molar-refractivity contribution in [3.63, 3.8) is 0 Å². The monoisotopic (exact) mass is 1110 g/mol. The Morgan fingerprint density at radius 3 is 1.14 bits per heavy atom. The lowest BCUT2D eigenvalue weighted by atomic mass is 9.30. The zero-order valence-corrected chi connectivity index (χ0v) is 47.0. The van der Waals surface area contributed by atoms with Crippen LogP contribution in [-0.4, -0.2) is 13.4 Å². The van der Waals surface area contributed by atoms with Gasteiger partial charge in [-0.2, -0.15) is 0 Å². The number of fused-ring (bicyclic) bond motifs is 11. The third kappa shape index (κ3) is 7.66. The molecule has 0 fully saturated rings. The first-order chi connectivity index (χ1) is 43.2. The third-order valence-corrected chi connectivity index (χ3v) is 17.9. The van der Waals surface area contributed by atoms with Crippen LogP contribution in [0.15, 0.2) is 308 Å². The maximum Gasteiger partial charge on any atom is 0.256 e. The highest BCUT2D eigenvalue weighted by Gasteiger charge is 2.49. The molecule has 7 nitrogen and oxygen atoms in total. The fraction of sp³-hybridized carbons (Fsp3) is 0. The smallest absolute Gasteiger partial charge is 0.256 e. The number of ether oxygens (including phenoxy) is 2. The standard InChI is InChI=1S/C78H50B2N4O3/c1-7-25-52(26-8-1)81(53-27-9-2-10-28-53)58-46-68-75-72(48-58)86-77-64(79(75)62-38-20-22-40-66(62)83(68)56-33-15-5-16-34-56)50-65-78(74(77)51-43-44-71-61(45-51)60-37-19-24-42-70(60)85-71)87-73-49-59(82(54-29-11-3-12-30-54)55-31-13-4-14-32-55)47-69-76(73)80(65)63-39-21-23-41-67(63)84(69)57-35-17-6-18-36-57/h1-50H. The molecule has 14 aromatic rings. The number of anilines is 12. The molecule has 0 aliphatic carbocycles. The van der Waals surface area contributed by atoms with Gasteiger partial charge < -0.3 is 33.5 Å². The van der Waals surface area contributed by atoms with Crippen LogP contribution in [0.3, 0.4) is 0 Å². The van der Waals surface area contributed by atoms with Gasteiger partial charge in [0.15, 0.2) is 0 Å². The Morgan fingerprint density at radius 2 is 0.678 bits per heavy atom. The highest BCUT2D eigenvalue weighted by atomic mass is 16.5. The number of rotatable bonds is 9. The van der Waals surface area contributed by atoms with Crippen molar-refractivity contribution >= 4 is 136 Å². The normalized spacial score (nSPS) is 12.9. The first-order valence-electron chi connectivity index (χ1n) is 29.7. The molecule has 18 rings (SSSR count). The summed E-state index contributed by atoms with van der Waals surface area (Å²) in [6, 6.07) is 109. The molecule has 0 atom stereocenters. The lowest BCUT2D eigenvalue weighted by Crippen LogP contribution is -2.63. The SMILES string of the molecule is c1ccc(N(c2ccccc2)c2cc3c4c(c2)N(c2ccccc2)c2ccccc2B4c2cc4c(c(-c5ccc6oc7ccccc7c6c5)c2O3)Oc2cc(N(c3ccccc3)c3ccccc3)cc3c2B4c2ccccc2N3c2ccccc2)cc1. The van der Waals surface area contributed by atoms with Gasteiger partial charge in [-0.25, -0.2) is 0 Å². The summed E-state index contributed by atoms with van der Waals surface area (Å²) in [6.07, 6.45) is 0. The molecule has 406 valence electrons. The highest BCUT2D eigenvalue weighted by molar-refractivity contribution is 7.02. The largest absolute Gasteiger partial charge is 0.457 e. The molecule has 0 N–H and O–H groups in total. The van der Waals surface area contributed by atoms with E-state index in [0.29, 0.717) is 0 Å². The number of hydrogen-bond acceptors (Lipinski definition) is 7. The van der Waals surface area contributed by atoms with E-state index in [1.165, 1.54) is 10.9 Å². The van der Waals surface area contributed by atoms with Gasteiger partial charge in [0.2, 0.25) is 0 Å². The van der Waals surface area contributed by atoms with Gasteiger partial charge in [0.25, 0.3) is 13.4 Å². The maximum absolute atomic E-state index is 7.96. The van der Waals surface area contributed by atoms with Gasteiger partial charge in [-0.15, -0.1) is 0 Å². The lowest BCUT2D eigenvalue weighted by Gasteiger charge is -2.43. The quantitative estimate of drug-likeness (QED) is 0.133. The summed E-state index contributed by atoms with van der Waals surface area (Å²) in [5.41, 5.74) is 22.6. The van der Waals surface area contributed by atoms with Crippen molar-refractivity contribution in [1.29, 1.82) is 0 Å². The van der Waals surface area contributed by atoms with Crippen LogP contribution >= 0.6 is 0 Å². The van der Waals surface area contributed by atoms with Crippen LogP contribution in [0.1, 0.15) is 0 Å². The van der Waals surface area contributed by atoms with Crippen molar-refractivity contribution in [2.75, 3.05) is 19.6 Å². The molecule has 4 aliphatic heterocycles. The molecule has 0 radical (unpaired) electrons. The first-order valence-corrected chi connectivity index (χ1v) is 29.7. The van der Waals surface area contributed by atoms with Crippen LogP contribution < -0.4 is 61.9 Å². The van der Waals surface area contributed by atoms with E-state index in [1.807, 2.05) is 12.1 Å². The van der Waals surface area contributed by atoms with Gasteiger partial charge in [-0.3, -0.25) is 0 Å². The van der Waals surface area contributed by atoms with E-state index < -0.39 is 0 Å². The van der Waals surface area contributed by atoms with Crippen molar-refractivity contribution in [2.45, 2.75) is 0 Å². The molecule has 9 heteroatoms. The molecule has 0 spiro atoms. The van der Waals surface area contributed by atoms with Crippen LogP contribution in [0.4, 0.5) is 68.2 Å². The summed E-state index contributed by atoms with van der Waals surface area (Å²) in [5.74, 6) is 3.04. The molecule has 0 saturated carbocycles. The number of benzene rings is 13. The Kier molecular flexibility index (Phi) is 11.0. The second-order valence-corrected chi connectivity index (χ2v) is 22.7. The van der Waals surface area contributed by atoms with Crippen LogP contribution in [-0.2, 0) is 0 Å². The summed E-state index contributed by atoms with van der Waals surface area (Å²) in [5, 5.41) is 2.06. The van der Waals surface area contributed by atoms with Gasteiger partial charge in [0.1, 0.15) is 34.2 Å². The van der Waals surface area contributed by atoms with Gasteiger partial charge in [-0.05, 0) is 154 Å². The molecule has 1 aromatic heterocycles. The predicted octanol–water partition coefficient (Wildman–Crippen LogP) is 17.0. The molecule has 5 heterocycles. The first kappa shape index (κ1) is 49.1. The Labute approximate surface area is 504 Å². The maximum atomic E-state index is 7.96. The topological polar surface area (TPSA) is 44.6 Å². The third-order valence-electron chi connectivity index (χ3n) is 17.9. The van der Waals surface area contributed by atoms with Gasteiger partial charge in [-0.1, -0.05) is 176 Å². The minimum absolute atomic E-state index is 0.262. The Balaban J connectivity index is 0.951. The van der Waals surface area contributed by atoms with Gasteiger partial charge >= 0.3 is 0 Å². The molecule has 87 heavy (non-hydrogen) atoms. The van der Waals surface area contributed by atoms with Crippen LogP contribution in [0.2, 0.25) is 0 Å². The van der Waals surface area contributed by atoms with Crippen molar-refractivity contribution in [3.8, 4) is 34.1 Å². The molecular formula is C78H50B2N4O3. The van der Waals surface area contributed by atoms with Gasteiger partial charge in [0.05, 0.1) is 16.9 Å². The average molecular weight is 1110 g/mol. The van der Waals surface area contributed by atoms with Crippen molar-refractivity contribution in [1.82, 2.24) is 0 Å². The minimum Gasteiger partial charge on any atom is -0.457 e. The summed E-state index contributed by atoms with van der Waals surface area (Å²) in [7, 11) is 0. The number of furan rings is 1. The molecule has 0 unspecified atom stereocenters. The Bertz CT molecular complexity index is 4690. The van der Waals surface area contributed by atoms with E-state index in [2.05, 4.69) is 311 Å². The van der Waals surface area contributed by atoms with Crippen molar-refractivity contribution in [3.05, 3.63) is 303 Å². The fourth-order valence-corrected chi connectivity index (χ4v) is 14.3. The summed E-state index contributed by atoms with van der Waals surface area (Å²) in [4.78, 5) is 9.53. The summed E-state index contributed by atoms with van der Waals surface area (Å²) >= 11 is 0. The Hall–Kier alpha value is -11.4. The molecular weight excluding hydrogens is 1060 g/mol. The number of hydrogen-bond donors (Lipinski definition) is 0. The number of nitrogens with zero attached hydrogens (tertiary/aromatic N) is 4. The number of para-hydroxylation sites is 9. The molecule has 0 saturated heterocycles. The van der Waals surface area contributed by atoms with Gasteiger partial charge in [0, 0.05) is 79.8 Å². The molecule has 0 amide bonds. The van der Waals surface area contributed by atoms with Crippen LogP contribution in [0.5, 0.6) is 23.0 Å². The van der Waals surface area contributed by atoms with Crippen LogP contribution in [0, 0.1) is 0 Å². The van der Waals surface area contributed by atoms with E-state index in [1.54, 1.807) is 0 Å². The predicted molar refractivity (Wildman–Crippen MR) is 360 cm³/mol. The summed E-state index contributed by atoms with van der Waals surface area (Å²) in [6.45, 7) is -0.525. The Morgan fingerprint density at radius 1 is 0.287 bits per heavy atom. The molecule has 13 aromatic carbocycles.